The van der Waals surface area contributed by atoms with Gasteiger partial charge in [0.05, 0.1) is 17.8 Å². The average Bonchev–Trinajstić information content (AvgIpc) is 2.55. The first-order chi connectivity index (χ1) is 11.5. The molecule has 3 rings (SSSR count). The molecule has 0 amide bonds. The van der Waals surface area contributed by atoms with Crippen LogP contribution >= 0.6 is 0 Å². The van der Waals surface area contributed by atoms with E-state index in [2.05, 4.69) is 0 Å². The number of Topliss-reactive ketones (excluding diaryl/α,β-unsaturated/α-hetero) is 1. The highest BCUT2D eigenvalue weighted by Crippen LogP contribution is 2.35. The van der Waals surface area contributed by atoms with Gasteiger partial charge in [0.25, 0.3) is 0 Å². The molecule has 0 aromatic heterocycles. The van der Waals surface area contributed by atoms with E-state index < -0.39 is 18.0 Å². The minimum atomic E-state index is -0.508. The Morgan fingerprint density at radius 1 is 1.25 bits per heavy atom. The zero-order valence-corrected chi connectivity index (χ0v) is 13.4. The van der Waals surface area contributed by atoms with E-state index in [0.717, 1.165) is 5.57 Å². The minimum absolute atomic E-state index is 0.0954. The molecule has 0 spiro atoms. The second kappa shape index (κ2) is 6.43. The molecule has 0 saturated carbocycles. The third-order valence-electron chi connectivity index (χ3n) is 4.07. The molecule has 0 N–H and O–H groups in total. The zero-order valence-electron chi connectivity index (χ0n) is 13.4. The summed E-state index contributed by atoms with van der Waals surface area (Å²) >= 11 is 0. The van der Waals surface area contributed by atoms with E-state index in [1.165, 1.54) is 25.3 Å². The summed E-state index contributed by atoms with van der Waals surface area (Å²) < 4.78 is 23.9. The van der Waals surface area contributed by atoms with Crippen molar-refractivity contribution in [2.24, 2.45) is 5.92 Å². The number of ketones is 1. The predicted molar refractivity (Wildman–Crippen MR) is 86.0 cm³/mol. The summed E-state index contributed by atoms with van der Waals surface area (Å²) in [6, 6.07) is 5.72. The lowest BCUT2D eigenvalue weighted by Crippen LogP contribution is -2.34. The van der Waals surface area contributed by atoms with Crippen molar-refractivity contribution in [3.63, 3.8) is 0 Å². The van der Waals surface area contributed by atoms with Crippen LogP contribution in [0.1, 0.15) is 25.8 Å². The highest BCUT2D eigenvalue weighted by Gasteiger charge is 2.37. The predicted octanol–water partition coefficient (Wildman–Crippen LogP) is 3.55. The van der Waals surface area contributed by atoms with Gasteiger partial charge in [-0.25, -0.2) is 4.39 Å². The van der Waals surface area contributed by atoms with Crippen molar-refractivity contribution in [1.29, 1.82) is 0 Å². The van der Waals surface area contributed by atoms with Gasteiger partial charge in [-0.05, 0) is 29.7 Å². The second-order valence-electron chi connectivity index (χ2n) is 5.70. The standard InChI is InChI=1S/C19H17FO4/c1-3-12-8-15-18(9-17(12)24-11(2)21)23-10-16(19(15)22)13-4-6-14(20)7-5-13/h4-10,15,18H,3H2,1-2H3/t15-,18-/m1/s1. The number of ether oxygens (including phenoxy) is 2. The number of hydrogen-bond acceptors (Lipinski definition) is 4. The Morgan fingerprint density at radius 3 is 2.58 bits per heavy atom. The molecule has 2 atom stereocenters. The second-order valence-corrected chi connectivity index (χ2v) is 5.70. The molecule has 0 fully saturated rings. The number of benzene rings is 1. The molecule has 24 heavy (non-hydrogen) atoms. The Hall–Kier alpha value is -2.69. The SMILES string of the molecule is CCC1=C[C@H]2C(=O)C(c3ccc(F)cc3)=CO[C@@H]2C=C1OC(C)=O. The highest BCUT2D eigenvalue weighted by molar-refractivity contribution is 6.23. The Balaban J connectivity index is 1.93. The molecule has 1 aromatic rings. The fraction of sp³-hybridized carbons (Fsp3) is 0.263. The number of halogens is 1. The van der Waals surface area contributed by atoms with E-state index in [4.69, 9.17) is 9.47 Å². The summed E-state index contributed by atoms with van der Waals surface area (Å²) in [6.07, 6.45) is 4.98. The molecule has 2 aliphatic rings. The molecule has 0 bridgehead atoms. The fourth-order valence-corrected chi connectivity index (χ4v) is 2.87. The average molecular weight is 328 g/mol. The van der Waals surface area contributed by atoms with Crippen molar-refractivity contribution in [3.8, 4) is 0 Å². The van der Waals surface area contributed by atoms with Gasteiger partial charge in [-0.3, -0.25) is 9.59 Å². The van der Waals surface area contributed by atoms with Crippen LogP contribution in [0.15, 0.2) is 54.0 Å². The quantitative estimate of drug-likeness (QED) is 0.796. The third-order valence-corrected chi connectivity index (χ3v) is 4.07. The van der Waals surface area contributed by atoms with Gasteiger partial charge in [-0.2, -0.15) is 0 Å². The van der Waals surface area contributed by atoms with Gasteiger partial charge in [0, 0.05) is 13.0 Å². The minimum Gasteiger partial charge on any atom is -0.492 e. The number of allylic oxidation sites excluding steroid dienone is 2. The third kappa shape index (κ3) is 3.02. The molecule has 0 radical (unpaired) electrons. The normalized spacial score (nSPS) is 22.6. The summed E-state index contributed by atoms with van der Waals surface area (Å²) in [7, 11) is 0. The number of carbonyl (C=O) groups excluding carboxylic acids is 2. The van der Waals surface area contributed by atoms with E-state index >= 15 is 0 Å². The van der Waals surface area contributed by atoms with Crippen molar-refractivity contribution in [3.05, 3.63) is 65.4 Å². The van der Waals surface area contributed by atoms with Gasteiger partial charge >= 0.3 is 5.97 Å². The molecule has 0 saturated heterocycles. The first kappa shape index (κ1) is 16.2. The monoisotopic (exact) mass is 328 g/mol. The van der Waals surface area contributed by atoms with Gasteiger partial charge in [0.2, 0.25) is 0 Å². The van der Waals surface area contributed by atoms with Crippen molar-refractivity contribution in [1.82, 2.24) is 0 Å². The Morgan fingerprint density at radius 2 is 1.96 bits per heavy atom. The zero-order chi connectivity index (χ0) is 17.3. The Kier molecular flexibility index (Phi) is 4.34. The van der Waals surface area contributed by atoms with Crippen molar-refractivity contribution < 1.29 is 23.5 Å². The molecule has 124 valence electrons. The molecule has 1 aliphatic heterocycles. The summed E-state index contributed by atoms with van der Waals surface area (Å²) in [6.45, 7) is 3.26. The summed E-state index contributed by atoms with van der Waals surface area (Å²) in [5.41, 5.74) is 1.82. The van der Waals surface area contributed by atoms with Crippen molar-refractivity contribution in [2.75, 3.05) is 0 Å². The van der Waals surface area contributed by atoms with E-state index in [1.54, 1.807) is 24.3 Å². The van der Waals surface area contributed by atoms with Crippen molar-refractivity contribution >= 4 is 17.3 Å². The largest absolute Gasteiger partial charge is 0.492 e. The van der Waals surface area contributed by atoms with E-state index in [1.807, 2.05) is 6.92 Å². The molecular formula is C19H17FO4. The molecule has 5 heteroatoms. The summed E-state index contributed by atoms with van der Waals surface area (Å²) in [5, 5.41) is 0. The number of rotatable bonds is 3. The van der Waals surface area contributed by atoms with Crippen LogP contribution in [-0.4, -0.2) is 17.9 Å². The van der Waals surface area contributed by atoms with Crippen LogP contribution in [0.5, 0.6) is 0 Å². The number of carbonyl (C=O) groups is 2. The van der Waals surface area contributed by atoms with Gasteiger partial charge in [-0.15, -0.1) is 0 Å². The molecule has 1 aromatic carbocycles. The first-order valence-corrected chi connectivity index (χ1v) is 7.76. The molecular weight excluding hydrogens is 311 g/mol. The maximum Gasteiger partial charge on any atom is 0.308 e. The van der Waals surface area contributed by atoms with Gasteiger partial charge in [-0.1, -0.05) is 25.1 Å². The van der Waals surface area contributed by atoms with E-state index in [9.17, 15) is 14.0 Å². The first-order valence-electron chi connectivity index (χ1n) is 7.76. The van der Waals surface area contributed by atoms with Crippen LogP contribution in [0.2, 0.25) is 0 Å². The maximum atomic E-state index is 13.1. The highest BCUT2D eigenvalue weighted by atomic mass is 19.1. The summed E-state index contributed by atoms with van der Waals surface area (Å²) in [4.78, 5) is 24.0. The maximum absolute atomic E-state index is 13.1. The Labute approximate surface area is 139 Å². The van der Waals surface area contributed by atoms with Crippen LogP contribution in [-0.2, 0) is 19.1 Å². The number of hydrogen-bond donors (Lipinski definition) is 0. The molecule has 1 heterocycles. The topological polar surface area (TPSA) is 52.6 Å². The fourth-order valence-electron chi connectivity index (χ4n) is 2.87. The number of fused-ring (bicyclic) bond motifs is 1. The smallest absolute Gasteiger partial charge is 0.308 e. The van der Waals surface area contributed by atoms with Crippen LogP contribution in [0, 0.1) is 11.7 Å². The van der Waals surface area contributed by atoms with Crippen LogP contribution in [0.4, 0.5) is 4.39 Å². The lowest BCUT2D eigenvalue weighted by atomic mass is 9.82. The van der Waals surface area contributed by atoms with E-state index in [0.29, 0.717) is 23.3 Å². The van der Waals surface area contributed by atoms with Crippen LogP contribution in [0.25, 0.3) is 5.57 Å². The molecule has 4 nitrogen and oxygen atoms in total. The lowest BCUT2D eigenvalue weighted by molar-refractivity contribution is -0.136. The summed E-state index contributed by atoms with van der Waals surface area (Å²) in [5.74, 6) is -0.908. The Bertz CT molecular complexity index is 771. The lowest BCUT2D eigenvalue weighted by Gasteiger charge is -2.31. The van der Waals surface area contributed by atoms with Crippen LogP contribution < -0.4 is 0 Å². The molecule has 0 unspecified atom stereocenters. The van der Waals surface area contributed by atoms with Crippen molar-refractivity contribution in [2.45, 2.75) is 26.4 Å². The van der Waals surface area contributed by atoms with Gasteiger partial charge in [0.1, 0.15) is 17.7 Å². The van der Waals surface area contributed by atoms with Crippen LogP contribution in [0.3, 0.4) is 0 Å². The van der Waals surface area contributed by atoms with Gasteiger partial charge in [0.15, 0.2) is 5.78 Å². The van der Waals surface area contributed by atoms with Gasteiger partial charge < -0.3 is 9.47 Å². The number of esters is 1. The van der Waals surface area contributed by atoms with E-state index in [-0.39, 0.29) is 11.6 Å². The molecule has 1 aliphatic carbocycles.